The Bertz CT molecular complexity index is 475. The zero-order valence-corrected chi connectivity index (χ0v) is 12.1. The SMILES string of the molecule is CNC(=S)C1(c2cccnc2)CCCC=C1NOC. The van der Waals surface area contributed by atoms with E-state index in [4.69, 9.17) is 17.1 Å². The molecule has 4 nitrogen and oxygen atoms in total. The summed E-state index contributed by atoms with van der Waals surface area (Å²) in [5, 5.41) is 3.13. The second-order valence-corrected chi connectivity index (χ2v) is 4.95. The predicted molar refractivity (Wildman–Crippen MR) is 79.7 cm³/mol. The van der Waals surface area contributed by atoms with Gasteiger partial charge in [-0.3, -0.25) is 15.3 Å². The fourth-order valence-corrected chi connectivity index (χ4v) is 2.99. The minimum atomic E-state index is -0.368. The molecule has 0 saturated heterocycles. The van der Waals surface area contributed by atoms with Crippen molar-refractivity contribution in [1.82, 2.24) is 15.8 Å². The van der Waals surface area contributed by atoms with Gasteiger partial charge in [0.15, 0.2) is 0 Å². The molecule has 1 aliphatic carbocycles. The van der Waals surface area contributed by atoms with E-state index in [1.54, 1.807) is 13.3 Å². The van der Waals surface area contributed by atoms with Crippen LogP contribution in [-0.2, 0) is 10.3 Å². The highest BCUT2D eigenvalue weighted by atomic mass is 32.1. The van der Waals surface area contributed by atoms with Gasteiger partial charge in [-0.1, -0.05) is 24.4 Å². The van der Waals surface area contributed by atoms with Crippen LogP contribution in [0.25, 0.3) is 0 Å². The van der Waals surface area contributed by atoms with Gasteiger partial charge in [-0.15, -0.1) is 0 Å². The number of thiocarbonyl (C=S) groups is 1. The van der Waals surface area contributed by atoms with Crippen molar-refractivity contribution < 1.29 is 4.84 Å². The van der Waals surface area contributed by atoms with E-state index in [2.05, 4.69) is 27.9 Å². The Morgan fingerprint density at radius 3 is 3.00 bits per heavy atom. The predicted octanol–water partition coefficient (Wildman–Crippen LogP) is 2.08. The van der Waals surface area contributed by atoms with Gasteiger partial charge < -0.3 is 5.32 Å². The highest BCUT2D eigenvalue weighted by molar-refractivity contribution is 7.80. The number of rotatable bonds is 4. The Hall–Kier alpha value is -1.46. The molecule has 0 spiro atoms. The lowest BCUT2D eigenvalue weighted by molar-refractivity contribution is 0.106. The number of hydrogen-bond acceptors (Lipinski definition) is 4. The van der Waals surface area contributed by atoms with Crippen LogP contribution in [0.4, 0.5) is 0 Å². The van der Waals surface area contributed by atoms with Crippen LogP contribution < -0.4 is 10.8 Å². The second kappa shape index (κ2) is 6.12. The summed E-state index contributed by atoms with van der Waals surface area (Å²) in [5.41, 5.74) is 4.71. The molecule has 1 atom stereocenters. The lowest BCUT2D eigenvalue weighted by atomic mass is 9.71. The van der Waals surface area contributed by atoms with Crippen molar-refractivity contribution in [1.29, 1.82) is 0 Å². The van der Waals surface area contributed by atoms with Crippen molar-refractivity contribution >= 4 is 17.2 Å². The molecular formula is C14H19N3OS. The molecule has 1 aliphatic rings. The summed E-state index contributed by atoms with van der Waals surface area (Å²) in [5.74, 6) is 0. The van der Waals surface area contributed by atoms with E-state index in [1.807, 2.05) is 19.3 Å². The molecule has 0 bridgehead atoms. The monoisotopic (exact) mass is 277 g/mol. The molecule has 0 amide bonds. The van der Waals surface area contributed by atoms with Gasteiger partial charge in [0.25, 0.3) is 0 Å². The van der Waals surface area contributed by atoms with E-state index in [-0.39, 0.29) is 5.41 Å². The van der Waals surface area contributed by atoms with Crippen LogP contribution in [0.3, 0.4) is 0 Å². The molecule has 0 radical (unpaired) electrons. The molecule has 0 saturated carbocycles. The first-order valence-corrected chi connectivity index (χ1v) is 6.79. The molecule has 0 aromatic carbocycles. The number of hydrogen-bond donors (Lipinski definition) is 2. The molecule has 2 rings (SSSR count). The van der Waals surface area contributed by atoms with Crippen molar-refractivity contribution in [2.24, 2.45) is 0 Å². The quantitative estimate of drug-likeness (QED) is 0.652. The molecule has 1 unspecified atom stereocenters. The van der Waals surface area contributed by atoms with Crippen molar-refractivity contribution in [3.05, 3.63) is 41.9 Å². The highest BCUT2D eigenvalue weighted by Crippen LogP contribution is 2.40. The minimum Gasteiger partial charge on any atom is -0.382 e. The van der Waals surface area contributed by atoms with Gasteiger partial charge in [-0.25, -0.2) is 0 Å². The number of nitrogens with one attached hydrogen (secondary N) is 2. The number of nitrogens with zero attached hydrogens (tertiary/aromatic N) is 1. The zero-order valence-electron chi connectivity index (χ0n) is 11.3. The van der Waals surface area contributed by atoms with E-state index in [0.29, 0.717) is 0 Å². The fraction of sp³-hybridized carbons (Fsp3) is 0.429. The third-order valence-electron chi connectivity index (χ3n) is 3.55. The largest absolute Gasteiger partial charge is 0.382 e. The van der Waals surface area contributed by atoms with Crippen LogP contribution >= 0.6 is 12.2 Å². The molecule has 1 aromatic heterocycles. The van der Waals surface area contributed by atoms with Crippen LogP contribution in [0.5, 0.6) is 0 Å². The number of hydroxylamine groups is 1. The Labute approximate surface area is 119 Å². The first-order valence-electron chi connectivity index (χ1n) is 6.38. The molecule has 0 aliphatic heterocycles. The second-order valence-electron chi connectivity index (χ2n) is 4.54. The molecule has 2 N–H and O–H groups in total. The van der Waals surface area contributed by atoms with Gasteiger partial charge >= 0.3 is 0 Å². The molecule has 1 aromatic rings. The lowest BCUT2D eigenvalue weighted by Crippen LogP contribution is -2.48. The van der Waals surface area contributed by atoms with E-state index >= 15 is 0 Å². The number of likely N-dealkylation sites (N-methyl/N-ethyl adjacent to an activating group) is 1. The smallest absolute Gasteiger partial charge is 0.0919 e. The lowest BCUT2D eigenvalue weighted by Gasteiger charge is -2.39. The maximum atomic E-state index is 5.59. The summed E-state index contributed by atoms with van der Waals surface area (Å²) < 4.78 is 0. The van der Waals surface area contributed by atoms with Crippen LogP contribution in [0, 0.1) is 0 Å². The summed E-state index contributed by atoms with van der Waals surface area (Å²) in [4.78, 5) is 10.1. The number of pyridine rings is 1. The average Bonchev–Trinajstić information content (AvgIpc) is 2.48. The molecule has 1 heterocycles. The Morgan fingerprint density at radius 2 is 2.37 bits per heavy atom. The van der Waals surface area contributed by atoms with Gasteiger partial charge in [0.1, 0.15) is 0 Å². The molecule has 5 heteroatoms. The van der Waals surface area contributed by atoms with Crippen LogP contribution in [0.1, 0.15) is 24.8 Å². The summed E-state index contributed by atoms with van der Waals surface area (Å²) >= 11 is 5.59. The van der Waals surface area contributed by atoms with E-state index in [0.717, 1.165) is 35.5 Å². The van der Waals surface area contributed by atoms with Crippen molar-refractivity contribution in [2.75, 3.05) is 14.2 Å². The summed E-state index contributed by atoms with van der Waals surface area (Å²) in [6, 6.07) is 4.00. The average molecular weight is 277 g/mol. The van der Waals surface area contributed by atoms with Crippen LogP contribution in [-0.4, -0.2) is 24.1 Å². The van der Waals surface area contributed by atoms with Crippen LogP contribution in [0.15, 0.2) is 36.3 Å². The van der Waals surface area contributed by atoms with Gasteiger partial charge in [-0.05, 0) is 30.9 Å². The standard InChI is InChI=1S/C14H19N3OS/c1-15-13(19)14(11-6-5-9-16-10-11)8-4-3-7-12(14)17-18-2/h5-7,9-10,17H,3-4,8H2,1-2H3,(H,15,19). The van der Waals surface area contributed by atoms with Gasteiger partial charge in [0.05, 0.1) is 23.2 Å². The van der Waals surface area contributed by atoms with E-state index < -0.39 is 0 Å². The topological polar surface area (TPSA) is 46.2 Å². The summed E-state index contributed by atoms with van der Waals surface area (Å²) in [7, 11) is 3.48. The Kier molecular flexibility index (Phi) is 4.50. The van der Waals surface area contributed by atoms with Gasteiger partial charge in [0.2, 0.25) is 0 Å². The van der Waals surface area contributed by atoms with Crippen molar-refractivity contribution in [3.8, 4) is 0 Å². The fourth-order valence-electron chi connectivity index (χ4n) is 2.66. The normalized spacial score (nSPS) is 22.5. The number of aromatic nitrogens is 1. The highest BCUT2D eigenvalue weighted by Gasteiger charge is 2.42. The van der Waals surface area contributed by atoms with Gasteiger partial charge in [-0.2, -0.15) is 0 Å². The zero-order chi connectivity index (χ0) is 13.7. The third kappa shape index (κ3) is 2.48. The van der Waals surface area contributed by atoms with E-state index in [1.165, 1.54) is 0 Å². The Morgan fingerprint density at radius 1 is 1.53 bits per heavy atom. The Balaban J connectivity index is 2.54. The maximum Gasteiger partial charge on any atom is 0.0919 e. The molecule has 102 valence electrons. The van der Waals surface area contributed by atoms with Crippen molar-refractivity contribution in [2.45, 2.75) is 24.7 Å². The first kappa shape index (κ1) is 14.0. The third-order valence-corrected chi connectivity index (χ3v) is 4.10. The number of allylic oxidation sites excluding steroid dienone is 1. The molecule has 19 heavy (non-hydrogen) atoms. The first-order chi connectivity index (χ1) is 9.25. The van der Waals surface area contributed by atoms with Crippen molar-refractivity contribution in [3.63, 3.8) is 0 Å². The summed E-state index contributed by atoms with van der Waals surface area (Å²) in [6.07, 6.45) is 8.87. The van der Waals surface area contributed by atoms with Crippen LogP contribution in [0.2, 0.25) is 0 Å². The van der Waals surface area contributed by atoms with E-state index in [9.17, 15) is 0 Å². The minimum absolute atomic E-state index is 0.368. The van der Waals surface area contributed by atoms with Gasteiger partial charge in [0, 0.05) is 19.4 Å². The molecule has 0 fully saturated rings. The maximum absolute atomic E-state index is 5.59. The molecular weight excluding hydrogens is 258 g/mol. The summed E-state index contributed by atoms with van der Waals surface area (Å²) in [6.45, 7) is 0.